The Bertz CT molecular complexity index is 911. The predicted octanol–water partition coefficient (Wildman–Crippen LogP) is 10.0. The Balaban J connectivity index is 0.0000140. The van der Waals surface area contributed by atoms with Crippen molar-refractivity contribution in [3.8, 4) is 11.1 Å². The quantitative estimate of drug-likeness (QED) is 0.0471. The van der Waals surface area contributed by atoms with Crippen LogP contribution in [0.1, 0.15) is 245 Å². The van der Waals surface area contributed by atoms with Crippen LogP contribution in [0.4, 0.5) is 0 Å². The first kappa shape index (κ1) is 52.9. The average Bonchev–Trinajstić information content (AvgIpc) is 3.17. The third-order valence-corrected chi connectivity index (χ3v) is 11.7. The molecule has 0 spiro atoms. The van der Waals surface area contributed by atoms with Gasteiger partial charge in [0.15, 0.2) is 24.8 Å². The van der Waals surface area contributed by atoms with E-state index in [9.17, 15) is 0 Å². The molecule has 0 aliphatic heterocycles. The van der Waals surface area contributed by atoms with Gasteiger partial charge in [0.1, 0.15) is 13.1 Å². The van der Waals surface area contributed by atoms with E-state index in [2.05, 4.69) is 72.0 Å². The summed E-state index contributed by atoms with van der Waals surface area (Å²) in [5.74, 6) is 0. The minimum atomic E-state index is 0. The van der Waals surface area contributed by atoms with Crippen LogP contribution < -0.4 is 33.9 Å². The summed E-state index contributed by atoms with van der Waals surface area (Å²) in [6.45, 7) is 6.90. The number of aryl methyl sites for hydroxylation is 2. The molecule has 0 fully saturated rings. The molecule has 0 aliphatic rings. The number of halogens is 2. The summed E-state index contributed by atoms with van der Waals surface area (Å²) in [6.07, 6.45) is 60.8. The average molecular weight is 790 g/mol. The molecule has 4 heteroatoms. The molecule has 0 bridgehead atoms. The summed E-state index contributed by atoms with van der Waals surface area (Å²) in [4.78, 5) is 0. The van der Waals surface area contributed by atoms with Crippen molar-refractivity contribution < 1.29 is 33.9 Å². The van der Waals surface area contributed by atoms with Crippen LogP contribution in [-0.2, 0) is 13.1 Å². The molecule has 0 atom stereocenters. The van der Waals surface area contributed by atoms with Crippen LogP contribution >= 0.6 is 0 Å². The van der Waals surface area contributed by atoms with Crippen LogP contribution in [0, 0.1) is 0 Å². The standard InChI is InChI=1S/C50H90N2.2ClH/c1-3-5-7-9-11-13-15-17-19-21-23-25-27-29-31-33-35-37-43-51-45-39-49(40-46-51)50-41-47-52(48-42-50)44-38-36-34-32-30-28-26-24-22-20-18-16-14-12-10-8-6-4-2;;/h39-42,45-48H,3-38,43-44H2,1-2H3;2*1H/q+2;;/p-2. The van der Waals surface area contributed by atoms with Gasteiger partial charge in [0.25, 0.3) is 0 Å². The van der Waals surface area contributed by atoms with Gasteiger partial charge in [-0.3, -0.25) is 0 Å². The van der Waals surface area contributed by atoms with Crippen molar-refractivity contribution in [3.63, 3.8) is 0 Å². The van der Waals surface area contributed by atoms with E-state index < -0.39 is 0 Å². The molecule has 0 aromatic carbocycles. The molecular weight excluding hydrogens is 699 g/mol. The lowest BCUT2D eigenvalue weighted by atomic mass is 10.0. The van der Waals surface area contributed by atoms with Crippen molar-refractivity contribution >= 4 is 0 Å². The molecule has 2 aromatic rings. The molecule has 0 amide bonds. The van der Waals surface area contributed by atoms with Gasteiger partial charge in [-0.25, -0.2) is 9.13 Å². The fourth-order valence-electron chi connectivity index (χ4n) is 7.99. The molecule has 2 heterocycles. The Morgan fingerprint density at radius 2 is 0.426 bits per heavy atom. The summed E-state index contributed by atoms with van der Waals surface area (Å²) in [5, 5.41) is 0. The highest BCUT2D eigenvalue weighted by molar-refractivity contribution is 5.60. The summed E-state index contributed by atoms with van der Waals surface area (Å²) < 4.78 is 4.75. The summed E-state index contributed by atoms with van der Waals surface area (Å²) in [6, 6.07) is 9.19. The smallest absolute Gasteiger partial charge is 0.169 e. The maximum atomic E-state index is 2.37. The van der Waals surface area contributed by atoms with E-state index in [1.807, 2.05) is 0 Å². The molecule has 2 rings (SSSR count). The molecule has 0 saturated carbocycles. The van der Waals surface area contributed by atoms with Crippen LogP contribution in [0.5, 0.6) is 0 Å². The monoisotopic (exact) mass is 789 g/mol. The van der Waals surface area contributed by atoms with Crippen molar-refractivity contribution in [3.05, 3.63) is 49.1 Å². The Morgan fingerprint density at radius 1 is 0.259 bits per heavy atom. The van der Waals surface area contributed by atoms with Crippen LogP contribution in [0.15, 0.2) is 49.1 Å². The molecule has 314 valence electrons. The Kier molecular flexibility index (Phi) is 40.7. The summed E-state index contributed by atoms with van der Waals surface area (Å²) >= 11 is 0. The molecule has 0 N–H and O–H groups in total. The SMILES string of the molecule is CCCCCCCCCCCCCCCCCCCC[n+]1ccc(-c2cc[n+](CCCCCCCCCCCCCCCCCCCC)cc2)cc1.[Cl-].[Cl-]. The fourth-order valence-corrected chi connectivity index (χ4v) is 7.99. The minimum Gasteiger partial charge on any atom is -1.00 e. The van der Waals surface area contributed by atoms with Gasteiger partial charge < -0.3 is 24.8 Å². The van der Waals surface area contributed by atoms with Crippen molar-refractivity contribution in [2.75, 3.05) is 0 Å². The van der Waals surface area contributed by atoms with Gasteiger partial charge in [-0.2, -0.15) is 0 Å². The number of nitrogens with zero attached hydrogens (tertiary/aromatic N) is 2. The third kappa shape index (κ3) is 32.0. The zero-order chi connectivity index (χ0) is 36.8. The van der Waals surface area contributed by atoms with E-state index in [-0.39, 0.29) is 24.8 Å². The van der Waals surface area contributed by atoms with Crippen molar-refractivity contribution in [2.24, 2.45) is 0 Å². The highest BCUT2D eigenvalue weighted by atomic mass is 35.5. The zero-order valence-corrected chi connectivity index (χ0v) is 37.7. The molecule has 0 unspecified atom stereocenters. The highest BCUT2D eigenvalue weighted by Gasteiger charge is 2.06. The van der Waals surface area contributed by atoms with E-state index in [0.717, 1.165) is 13.1 Å². The van der Waals surface area contributed by atoms with Crippen LogP contribution in [0.25, 0.3) is 11.1 Å². The number of unbranched alkanes of at least 4 members (excludes halogenated alkanes) is 34. The molecule has 2 nitrogen and oxygen atoms in total. The topological polar surface area (TPSA) is 7.76 Å². The first-order valence-electron chi connectivity index (χ1n) is 23.8. The van der Waals surface area contributed by atoms with Crippen LogP contribution in [0.3, 0.4) is 0 Å². The minimum absolute atomic E-state index is 0. The largest absolute Gasteiger partial charge is 1.00 e. The van der Waals surface area contributed by atoms with E-state index >= 15 is 0 Å². The second kappa shape index (κ2) is 41.5. The normalized spacial score (nSPS) is 11.1. The van der Waals surface area contributed by atoms with Crippen molar-refractivity contribution in [1.29, 1.82) is 0 Å². The first-order valence-corrected chi connectivity index (χ1v) is 23.8. The molecule has 0 saturated heterocycles. The maximum Gasteiger partial charge on any atom is 0.169 e. The second-order valence-electron chi connectivity index (χ2n) is 16.7. The lowest BCUT2D eigenvalue weighted by Crippen LogP contribution is -3.00. The Morgan fingerprint density at radius 3 is 0.611 bits per heavy atom. The Labute approximate surface area is 350 Å². The molecule has 0 radical (unpaired) electrons. The number of rotatable bonds is 39. The van der Waals surface area contributed by atoms with E-state index in [0.29, 0.717) is 0 Å². The van der Waals surface area contributed by atoms with Crippen LogP contribution in [0.2, 0.25) is 0 Å². The van der Waals surface area contributed by atoms with Crippen LogP contribution in [-0.4, -0.2) is 0 Å². The highest BCUT2D eigenvalue weighted by Crippen LogP contribution is 2.18. The number of hydrogen-bond donors (Lipinski definition) is 0. The maximum absolute atomic E-state index is 2.37. The third-order valence-electron chi connectivity index (χ3n) is 11.7. The number of pyridine rings is 2. The van der Waals surface area contributed by atoms with E-state index in [1.165, 1.54) is 242 Å². The summed E-state index contributed by atoms with van der Waals surface area (Å²) in [5.41, 5.74) is 2.66. The second-order valence-corrected chi connectivity index (χ2v) is 16.7. The summed E-state index contributed by atoms with van der Waals surface area (Å²) in [7, 11) is 0. The van der Waals surface area contributed by atoms with E-state index in [4.69, 9.17) is 0 Å². The first-order chi connectivity index (χ1) is 25.8. The molecular formula is C50H90Cl2N2. The lowest BCUT2D eigenvalue weighted by Gasteiger charge is -2.04. The van der Waals surface area contributed by atoms with Gasteiger partial charge in [-0.05, 0) is 24.0 Å². The molecule has 2 aromatic heterocycles. The van der Waals surface area contributed by atoms with Gasteiger partial charge in [0, 0.05) is 37.1 Å². The van der Waals surface area contributed by atoms with E-state index in [1.54, 1.807) is 0 Å². The van der Waals surface area contributed by atoms with Gasteiger partial charge in [-0.1, -0.05) is 219 Å². The van der Waals surface area contributed by atoms with Gasteiger partial charge in [-0.15, -0.1) is 0 Å². The lowest BCUT2D eigenvalue weighted by molar-refractivity contribution is -0.697. The molecule has 0 aliphatic carbocycles. The van der Waals surface area contributed by atoms with Gasteiger partial charge in [0.2, 0.25) is 0 Å². The van der Waals surface area contributed by atoms with Crippen molar-refractivity contribution in [2.45, 2.75) is 258 Å². The fraction of sp³-hybridized carbons (Fsp3) is 0.800. The number of hydrogen-bond acceptors (Lipinski definition) is 0. The zero-order valence-electron chi connectivity index (χ0n) is 36.1. The molecule has 54 heavy (non-hydrogen) atoms. The predicted molar refractivity (Wildman–Crippen MR) is 230 cm³/mol. The Hall–Kier alpha value is -1.12. The van der Waals surface area contributed by atoms with Gasteiger partial charge >= 0.3 is 0 Å². The van der Waals surface area contributed by atoms with Gasteiger partial charge in [0.05, 0.1) is 0 Å². The number of aromatic nitrogens is 2. The van der Waals surface area contributed by atoms with Crippen molar-refractivity contribution in [1.82, 2.24) is 0 Å².